The van der Waals surface area contributed by atoms with E-state index in [1.54, 1.807) is 0 Å². The summed E-state index contributed by atoms with van der Waals surface area (Å²) >= 11 is 5.28. The van der Waals surface area contributed by atoms with Crippen molar-refractivity contribution in [3.8, 4) is 0 Å². The fraction of sp³-hybridized carbons (Fsp3) is 0.529. The zero-order valence-electron chi connectivity index (χ0n) is 13.1. The predicted octanol–water partition coefficient (Wildman–Crippen LogP) is 3.85. The van der Waals surface area contributed by atoms with Crippen LogP contribution in [-0.2, 0) is 6.54 Å². The molecule has 1 saturated carbocycles. The van der Waals surface area contributed by atoms with Crippen molar-refractivity contribution in [1.29, 1.82) is 0 Å². The van der Waals surface area contributed by atoms with Gasteiger partial charge < -0.3 is 5.32 Å². The molecule has 0 heterocycles. The number of nitrogens with zero attached hydrogens (tertiary/aromatic N) is 1. The Morgan fingerprint density at radius 1 is 1.33 bits per heavy atom. The molecule has 1 fully saturated rings. The lowest BCUT2D eigenvalue weighted by atomic mass is 9.72. The van der Waals surface area contributed by atoms with E-state index in [1.807, 2.05) is 18.2 Å². The van der Waals surface area contributed by atoms with Crippen LogP contribution >= 0.6 is 12.2 Å². The van der Waals surface area contributed by atoms with Gasteiger partial charge in [0.2, 0.25) is 0 Å². The molecule has 0 spiro atoms. The number of hydrogen-bond donors (Lipinski definition) is 2. The Labute approximate surface area is 133 Å². The van der Waals surface area contributed by atoms with E-state index in [0.717, 1.165) is 19.4 Å². The van der Waals surface area contributed by atoms with Crippen LogP contribution in [0, 0.1) is 11.3 Å². The molecule has 1 unspecified atom stereocenters. The number of hydrogen-bond acceptors (Lipinski definition) is 2. The van der Waals surface area contributed by atoms with Crippen LogP contribution in [0.5, 0.6) is 0 Å². The minimum absolute atomic E-state index is 0.345. The zero-order chi connectivity index (χ0) is 15.3. The summed E-state index contributed by atoms with van der Waals surface area (Å²) in [6.07, 6.45) is 3.38. The van der Waals surface area contributed by atoms with Gasteiger partial charge in [0.15, 0.2) is 5.11 Å². The first kappa shape index (κ1) is 16.0. The third-order valence-corrected chi connectivity index (χ3v) is 4.01. The first-order valence-corrected chi connectivity index (χ1v) is 7.99. The molecule has 2 N–H and O–H groups in total. The van der Waals surface area contributed by atoms with Gasteiger partial charge in [0.1, 0.15) is 0 Å². The van der Waals surface area contributed by atoms with E-state index in [9.17, 15) is 0 Å². The third-order valence-electron chi connectivity index (χ3n) is 3.78. The van der Waals surface area contributed by atoms with E-state index in [-0.39, 0.29) is 0 Å². The molecule has 3 nitrogen and oxygen atoms in total. The van der Waals surface area contributed by atoms with E-state index in [4.69, 9.17) is 12.2 Å². The maximum absolute atomic E-state index is 5.28. The smallest absolute Gasteiger partial charge is 0.187 e. The maximum Gasteiger partial charge on any atom is 0.187 e. The van der Waals surface area contributed by atoms with Crippen LogP contribution < -0.4 is 10.7 Å². The SMILES string of the molecule is CC1C/C(=N/NC(=S)NCc2ccccc2)CC(C)(C)C1. The van der Waals surface area contributed by atoms with Crippen molar-refractivity contribution in [3.05, 3.63) is 35.9 Å². The second-order valence-electron chi connectivity index (χ2n) is 6.81. The topological polar surface area (TPSA) is 36.4 Å². The predicted molar refractivity (Wildman–Crippen MR) is 93.2 cm³/mol. The van der Waals surface area contributed by atoms with Gasteiger partial charge in [-0.05, 0) is 48.4 Å². The van der Waals surface area contributed by atoms with Crippen LogP contribution in [0.25, 0.3) is 0 Å². The van der Waals surface area contributed by atoms with Crippen LogP contribution in [0.2, 0.25) is 0 Å². The van der Waals surface area contributed by atoms with Crippen molar-refractivity contribution in [2.75, 3.05) is 0 Å². The van der Waals surface area contributed by atoms with Crippen molar-refractivity contribution < 1.29 is 0 Å². The lowest BCUT2D eigenvalue weighted by Crippen LogP contribution is -2.34. The van der Waals surface area contributed by atoms with Gasteiger partial charge in [-0.1, -0.05) is 51.1 Å². The van der Waals surface area contributed by atoms with Crippen LogP contribution in [0.4, 0.5) is 0 Å². The Balaban J connectivity index is 1.81. The van der Waals surface area contributed by atoms with Crippen LogP contribution in [0.3, 0.4) is 0 Å². The Morgan fingerprint density at radius 2 is 2.05 bits per heavy atom. The van der Waals surface area contributed by atoms with Crippen LogP contribution in [-0.4, -0.2) is 10.8 Å². The lowest BCUT2D eigenvalue weighted by molar-refractivity contribution is 0.265. The minimum atomic E-state index is 0.345. The summed E-state index contributed by atoms with van der Waals surface area (Å²) in [4.78, 5) is 0. The van der Waals surface area contributed by atoms with Gasteiger partial charge in [0, 0.05) is 12.3 Å². The molecule has 1 aliphatic rings. The van der Waals surface area contributed by atoms with Gasteiger partial charge >= 0.3 is 0 Å². The number of nitrogens with one attached hydrogen (secondary N) is 2. The van der Waals surface area contributed by atoms with Crippen LogP contribution in [0.15, 0.2) is 35.4 Å². The van der Waals surface area contributed by atoms with Crippen molar-refractivity contribution in [2.45, 2.75) is 46.6 Å². The number of hydrazone groups is 1. The highest BCUT2D eigenvalue weighted by Gasteiger charge is 2.29. The van der Waals surface area contributed by atoms with E-state index >= 15 is 0 Å². The summed E-state index contributed by atoms with van der Waals surface area (Å²) in [5.41, 5.74) is 5.77. The molecule has 114 valence electrons. The maximum atomic E-state index is 5.28. The monoisotopic (exact) mass is 303 g/mol. The fourth-order valence-corrected chi connectivity index (χ4v) is 3.27. The third kappa shape index (κ3) is 5.46. The molecule has 0 saturated heterocycles. The molecule has 0 aliphatic heterocycles. The largest absolute Gasteiger partial charge is 0.357 e. The Morgan fingerprint density at radius 3 is 2.71 bits per heavy atom. The summed E-state index contributed by atoms with van der Waals surface area (Å²) in [6, 6.07) is 10.2. The van der Waals surface area contributed by atoms with Gasteiger partial charge in [-0.2, -0.15) is 5.10 Å². The first-order chi connectivity index (χ1) is 9.94. The van der Waals surface area contributed by atoms with E-state index in [2.05, 4.69) is 48.7 Å². The van der Waals surface area contributed by atoms with Gasteiger partial charge in [-0.25, -0.2) is 0 Å². The number of benzene rings is 1. The summed E-state index contributed by atoms with van der Waals surface area (Å²) in [6.45, 7) is 7.64. The molecule has 1 aliphatic carbocycles. The molecule has 0 amide bonds. The highest BCUT2D eigenvalue weighted by molar-refractivity contribution is 7.80. The molecule has 0 radical (unpaired) electrons. The van der Waals surface area contributed by atoms with Crippen molar-refractivity contribution in [2.24, 2.45) is 16.4 Å². The first-order valence-electron chi connectivity index (χ1n) is 7.58. The Kier molecular flexibility index (Phi) is 5.34. The highest BCUT2D eigenvalue weighted by Crippen LogP contribution is 2.36. The van der Waals surface area contributed by atoms with Gasteiger partial charge in [-0.15, -0.1) is 0 Å². The van der Waals surface area contributed by atoms with Crippen molar-refractivity contribution >= 4 is 23.0 Å². The molecule has 0 aromatic heterocycles. The number of thiocarbonyl (C=S) groups is 1. The molecular formula is C17H25N3S. The molecule has 1 atom stereocenters. The number of rotatable bonds is 3. The average Bonchev–Trinajstić information content (AvgIpc) is 2.42. The van der Waals surface area contributed by atoms with E-state index in [1.165, 1.54) is 17.7 Å². The van der Waals surface area contributed by atoms with Crippen molar-refractivity contribution in [1.82, 2.24) is 10.7 Å². The fourth-order valence-electron chi connectivity index (χ4n) is 3.15. The summed E-state index contributed by atoms with van der Waals surface area (Å²) in [5, 5.41) is 8.27. The molecule has 2 rings (SSSR count). The average molecular weight is 303 g/mol. The van der Waals surface area contributed by atoms with Crippen LogP contribution in [0.1, 0.15) is 45.6 Å². The quantitative estimate of drug-likeness (QED) is 0.658. The summed E-state index contributed by atoms with van der Waals surface area (Å²) in [5.74, 6) is 0.695. The van der Waals surface area contributed by atoms with E-state index in [0.29, 0.717) is 16.4 Å². The lowest BCUT2D eigenvalue weighted by Gasteiger charge is -2.34. The molecule has 0 bridgehead atoms. The molecule has 21 heavy (non-hydrogen) atoms. The van der Waals surface area contributed by atoms with Gasteiger partial charge in [0.25, 0.3) is 0 Å². The molecular weight excluding hydrogens is 278 g/mol. The molecule has 4 heteroatoms. The van der Waals surface area contributed by atoms with Crippen molar-refractivity contribution in [3.63, 3.8) is 0 Å². The standard InChI is InChI=1S/C17H25N3S/c1-13-9-15(11-17(2,3)10-13)19-20-16(21)18-12-14-7-5-4-6-8-14/h4-8,13H,9-12H2,1-3H3,(H2,18,20,21)/b19-15-. The van der Waals surface area contributed by atoms with E-state index < -0.39 is 0 Å². The van der Waals surface area contributed by atoms with Gasteiger partial charge in [-0.3, -0.25) is 5.43 Å². The molecule has 1 aromatic carbocycles. The minimum Gasteiger partial charge on any atom is -0.357 e. The van der Waals surface area contributed by atoms with Gasteiger partial charge in [0.05, 0.1) is 0 Å². The Bertz CT molecular complexity index is 508. The second-order valence-corrected chi connectivity index (χ2v) is 7.22. The Hall–Kier alpha value is -1.42. The zero-order valence-corrected chi connectivity index (χ0v) is 14.0. The second kappa shape index (κ2) is 7.03. The normalized spacial score (nSPS) is 22.8. The summed E-state index contributed by atoms with van der Waals surface area (Å²) < 4.78 is 0. The molecule has 1 aromatic rings. The highest BCUT2D eigenvalue weighted by atomic mass is 32.1. The summed E-state index contributed by atoms with van der Waals surface area (Å²) in [7, 11) is 0.